The maximum absolute atomic E-state index is 14.7. The fraction of sp³-hybridized carbons (Fsp3) is 0.500. The van der Waals surface area contributed by atoms with E-state index >= 15 is 0 Å². The van der Waals surface area contributed by atoms with Crippen molar-refractivity contribution in [2.75, 3.05) is 6.61 Å². The van der Waals surface area contributed by atoms with Crippen molar-refractivity contribution in [2.45, 2.75) is 52.1 Å². The van der Waals surface area contributed by atoms with Crippen molar-refractivity contribution in [3.8, 4) is 11.1 Å². The van der Waals surface area contributed by atoms with E-state index in [4.69, 9.17) is 4.74 Å². The first-order valence-electron chi connectivity index (χ1n) is 9.26. The zero-order chi connectivity index (χ0) is 21.3. The molecule has 2 atom stereocenters. The summed E-state index contributed by atoms with van der Waals surface area (Å²) in [5.74, 6) is -2.46. The van der Waals surface area contributed by atoms with E-state index in [2.05, 4.69) is 34.0 Å². The van der Waals surface area contributed by atoms with Crippen molar-refractivity contribution >= 4 is 20.7 Å². The highest BCUT2D eigenvalue weighted by Crippen LogP contribution is 2.28. The van der Waals surface area contributed by atoms with Crippen molar-refractivity contribution in [1.82, 2.24) is 9.78 Å². The molecule has 0 aliphatic carbocycles. The molecule has 158 valence electrons. The summed E-state index contributed by atoms with van der Waals surface area (Å²) in [6.07, 6.45) is -3.12. The second-order valence-electron chi connectivity index (χ2n) is 8.15. The van der Waals surface area contributed by atoms with Gasteiger partial charge in [0.1, 0.15) is 6.73 Å². The van der Waals surface area contributed by atoms with Crippen LogP contribution in [-0.2, 0) is 20.8 Å². The van der Waals surface area contributed by atoms with E-state index in [1.807, 2.05) is 0 Å². The highest BCUT2D eigenvalue weighted by molar-refractivity contribution is 6.76. The first-order chi connectivity index (χ1) is 13.6. The van der Waals surface area contributed by atoms with Gasteiger partial charge in [0.15, 0.2) is 11.6 Å². The molecule has 11 heteroatoms. The number of halogens is 4. The van der Waals surface area contributed by atoms with Crippen LogP contribution in [0, 0.1) is 18.6 Å². The molecule has 1 aliphatic heterocycles. The van der Waals surface area contributed by atoms with Gasteiger partial charge in [-0.3, -0.25) is 0 Å². The van der Waals surface area contributed by atoms with Crippen molar-refractivity contribution in [3.05, 3.63) is 35.7 Å². The van der Waals surface area contributed by atoms with Gasteiger partial charge in [0.05, 0.1) is 5.69 Å². The average Bonchev–Trinajstić information content (AvgIpc) is 3.15. The van der Waals surface area contributed by atoms with Gasteiger partial charge in [-0.05, 0) is 13.0 Å². The number of nitrogens with zero attached hydrogens (tertiary/aromatic N) is 2. The van der Waals surface area contributed by atoms with Gasteiger partial charge in [-0.25, -0.2) is 22.2 Å². The molecule has 2 unspecified atom stereocenters. The quantitative estimate of drug-likeness (QED) is 0.381. The Balaban J connectivity index is 1.75. The molecule has 29 heavy (non-hydrogen) atoms. The standard InChI is InChI=1S/C18H23BF4N2O3Si/c1-11-13(9-25(24-11)10-26-7-8-29(2,3)4)12-5-6-14(16(21)15(12)20)19-27-17(22)18(23)28-19/h5-6,9,17-18H,7-8,10H2,1-4H3. The van der Waals surface area contributed by atoms with Crippen LogP contribution in [0.3, 0.4) is 0 Å². The molecule has 1 aromatic carbocycles. The Labute approximate surface area is 168 Å². The largest absolute Gasteiger partial charge is 0.501 e. The van der Waals surface area contributed by atoms with E-state index in [-0.39, 0.29) is 12.3 Å². The number of rotatable bonds is 7. The summed E-state index contributed by atoms with van der Waals surface area (Å²) < 4.78 is 71.7. The molecule has 0 amide bonds. The van der Waals surface area contributed by atoms with Crippen LogP contribution in [0.2, 0.25) is 25.7 Å². The highest BCUT2D eigenvalue weighted by Gasteiger charge is 2.43. The molecule has 0 N–H and O–H groups in total. The Kier molecular flexibility index (Phi) is 6.52. The molecule has 2 aromatic rings. The average molecular weight is 430 g/mol. The predicted molar refractivity (Wildman–Crippen MR) is 104 cm³/mol. The molecular formula is C18H23BF4N2O3Si. The van der Waals surface area contributed by atoms with E-state index in [1.54, 1.807) is 13.1 Å². The normalized spacial score (nSPS) is 19.9. The number of benzene rings is 1. The minimum Gasteiger partial charge on any atom is -0.373 e. The zero-order valence-electron chi connectivity index (χ0n) is 16.7. The van der Waals surface area contributed by atoms with Gasteiger partial charge in [-0.15, -0.1) is 0 Å². The van der Waals surface area contributed by atoms with Crippen LogP contribution < -0.4 is 5.46 Å². The highest BCUT2D eigenvalue weighted by atomic mass is 28.3. The summed E-state index contributed by atoms with van der Waals surface area (Å²) in [5.41, 5.74) is 0.449. The second-order valence-corrected chi connectivity index (χ2v) is 13.8. The van der Waals surface area contributed by atoms with Gasteiger partial charge < -0.3 is 14.0 Å². The summed E-state index contributed by atoms with van der Waals surface area (Å²) >= 11 is 0. The molecular weight excluding hydrogens is 407 g/mol. The number of hydrogen-bond acceptors (Lipinski definition) is 4. The van der Waals surface area contributed by atoms with Crippen LogP contribution in [0.25, 0.3) is 11.1 Å². The van der Waals surface area contributed by atoms with Gasteiger partial charge in [0.2, 0.25) is 12.7 Å². The van der Waals surface area contributed by atoms with E-state index in [0.29, 0.717) is 17.9 Å². The summed E-state index contributed by atoms with van der Waals surface area (Å²) in [4.78, 5) is 0. The monoisotopic (exact) mass is 430 g/mol. The molecule has 0 spiro atoms. The van der Waals surface area contributed by atoms with E-state index in [0.717, 1.165) is 6.04 Å². The molecule has 0 saturated carbocycles. The van der Waals surface area contributed by atoms with Gasteiger partial charge in [-0.2, -0.15) is 5.10 Å². The van der Waals surface area contributed by atoms with E-state index in [9.17, 15) is 17.6 Å². The Morgan fingerprint density at radius 2 is 1.76 bits per heavy atom. The molecule has 5 nitrogen and oxygen atoms in total. The Bertz CT molecular complexity index is 868. The molecule has 1 fully saturated rings. The first-order valence-corrected chi connectivity index (χ1v) is 13.0. The van der Waals surface area contributed by atoms with Crippen LogP contribution in [-0.4, -0.2) is 44.3 Å². The lowest BCUT2D eigenvalue weighted by Gasteiger charge is -2.15. The smallest absolute Gasteiger partial charge is 0.373 e. The van der Waals surface area contributed by atoms with Crippen LogP contribution in [0.1, 0.15) is 5.69 Å². The van der Waals surface area contributed by atoms with Crippen molar-refractivity contribution in [1.29, 1.82) is 0 Å². The minimum absolute atomic E-state index is 0.0244. The SMILES string of the molecule is Cc1nn(COCC[Si](C)(C)C)cc1-c1ccc(B2OC(F)C(F)O2)c(F)c1F. The molecule has 1 aromatic heterocycles. The fourth-order valence-electron chi connectivity index (χ4n) is 2.88. The van der Waals surface area contributed by atoms with E-state index < -0.39 is 45.0 Å². The van der Waals surface area contributed by atoms with Crippen LogP contribution in [0.5, 0.6) is 0 Å². The summed E-state index contributed by atoms with van der Waals surface area (Å²) in [7, 11) is -2.85. The lowest BCUT2D eigenvalue weighted by molar-refractivity contribution is -0.0349. The summed E-state index contributed by atoms with van der Waals surface area (Å²) in [5, 5.41) is 4.28. The second kappa shape index (κ2) is 8.59. The van der Waals surface area contributed by atoms with Crippen molar-refractivity contribution < 1.29 is 31.6 Å². The number of ether oxygens (including phenoxy) is 1. The lowest BCUT2D eigenvalue weighted by Crippen LogP contribution is -2.35. The molecule has 0 radical (unpaired) electrons. The fourth-order valence-corrected chi connectivity index (χ4v) is 3.63. The molecule has 3 rings (SSSR count). The topological polar surface area (TPSA) is 45.5 Å². The van der Waals surface area contributed by atoms with E-state index in [1.165, 1.54) is 16.8 Å². The number of hydrogen-bond donors (Lipinski definition) is 0. The lowest BCUT2D eigenvalue weighted by atomic mass is 9.78. The van der Waals surface area contributed by atoms with Crippen LogP contribution >= 0.6 is 0 Å². The van der Waals surface area contributed by atoms with Crippen molar-refractivity contribution in [3.63, 3.8) is 0 Å². The zero-order valence-corrected chi connectivity index (χ0v) is 17.7. The minimum atomic E-state index is -2.34. The molecule has 0 bridgehead atoms. The number of aryl methyl sites for hydroxylation is 1. The third-order valence-corrected chi connectivity index (χ3v) is 6.24. The number of alkyl halides is 2. The molecule has 1 saturated heterocycles. The predicted octanol–water partition coefficient (Wildman–Crippen LogP) is 3.78. The Hall–Kier alpha value is -1.69. The van der Waals surface area contributed by atoms with Gasteiger partial charge in [0.25, 0.3) is 0 Å². The van der Waals surface area contributed by atoms with Gasteiger partial charge in [-0.1, -0.05) is 31.8 Å². The first kappa shape index (κ1) is 22.0. The Morgan fingerprint density at radius 1 is 1.10 bits per heavy atom. The van der Waals surface area contributed by atoms with Gasteiger partial charge in [0, 0.05) is 37.5 Å². The van der Waals surface area contributed by atoms with Gasteiger partial charge >= 0.3 is 7.12 Å². The molecule has 1 aliphatic rings. The Morgan fingerprint density at radius 3 is 2.38 bits per heavy atom. The molecule has 2 heterocycles. The maximum Gasteiger partial charge on any atom is 0.501 e. The van der Waals surface area contributed by atoms with Crippen LogP contribution in [0.4, 0.5) is 17.6 Å². The maximum atomic E-state index is 14.7. The van der Waals surface area contributed by atoms with Crippen molar-refractivity contribution in [2.24, 2.45) is 0 Å². The third-order valence-electron chi connectivity index (χ3n) is 4.54. The third kappa shape index (κ3) is 5.08. The number of aromatic nitrogens is 2. The van der Waals surface area contributed by atoms with Crippen LogP contribution in [0.15, 0.2) is 18.3 Å². The summed E-state index contributed by atoms with van der Waals surface area (Å²) in [6, 6.07) is 3.50. The summed E-state index contributed by atoms with van der Waals surface area (Å²) in [6.45, 7) is 9.22.